The maximum atomic E-state index is 12.8. The second kappa shape index (κ2) is 8.96. The van der Waals surface area contributed by atoms with Crippen molar-refractivity contribution >= 4 is 5.91 Å². The third kappa shape index (κ3) is 4.22. The monoisotopic (exact) mass is 421 g/mol. The highest BCUT2D eigenvalue weighted by atomic mass is 16.5. The second-order valence-electron chi connectivity index (χ2n) is 8.13. The molecule has 31 heavy (non-hydrogen) atoms. The first-order valence-electron chi connectivity index (χ1n) is 11.0. The summed E-state index contributed by atoms with van der Waals surface area (Å²) in [5, 5.41) is 12.4. The van der Waals surface area contributed by atoms with E-state index >= 15 is 0 Å². The molecule has 7 nitrogen and oxygen atoms in total. The first kappa shape index (κ1) is 21.2. The zero-order chi connectivity index (χ0) is 22.0. The SMILES string of the molecule is CCn1nc(C)c(CCC(=O)N[C@@H]2CCCc3c2cnn3-c2ccc(OC)cc2)c1C. The van der Waals surface area contributed by atoms with E-state index in [1.54, 1.807) is 7.11 Å². The van der Waals surface area contributed by atoms with E-state index in [2.05, 4.69) is 29.4 Å². The van der Waals surface area contributed by atoms with Gasteiger partial charge in [0.25, 0.3) is 0 Å². The highest BCUT2D eigenvalue weighted by Gasteiger charge is 2.26. The standard InChI is InChI=1S/C24H31N5O2/c1-5-28-17(3)20(16(2)27-28)13-14-24(30)26-22-7-6-8-23-21(22)15-25-29(23)18-9-11-19(31-4)12-10-18/h9-12,15,22H,5-8,13-14H2,1-4H3,(H,26,30)/t22-/m1/s1. The van der Waals surface area contributed by atoms with Gasteiger partial charge in [-0.15, -0.1) is 0 Å². The average Bonchev–Trinajstić information content (AvgIpc) is 3.33. The third-order valence-electron chi connectivity index (χ3n) is 6.27. The van der Waals surface area contributed by atoms with Gasteiger partial charge in [0.2, 0.25) is 5.91 Å². The molecule has 1 aliphatic carbocycles. The van der Waals surface area contributed by atoms with Crippen LogP contribution in [-0.2, 0) is 24.2 Å². The smallest absolute Gasteiger partial charge is 0.220 e. The summed E-state index contributed by atoms with van der Waals surface area (Å²) in [5.41, 5.74) is 6.68. The molecule has 1 amide bonds. The molecular formula is C24H31N5O2. The summed E-state index contributed by atoms with van der Waals surface area (Å²) in [7, 11) is 1.66. The number of ether oxygens (including phenoxy) is 1. The average molecular weight is 422 g/mol. The van der Waals surface area contributed by atoms with Crippen molar-refractivity contribution in [1.82, 2.24) is 24.9 Å². The molecule has 1 aromatic carbocycles. The lowest BCUT2D eigenvalue weighted by Gasteiger charge is -2.24. The number of hydrogen-bond donors (Lipinski definition) is 1. The Morgan fingerprint density at radius 3 is 2.71 bits per heavy atom. The number of carbonyl (C=O) groups excluding carboxylic acids is 1. The van der Waals surface area contributed by atoms with Crippen LogP contribution >= 0.6 is 0 Å². The summed E-state index contributed by atoms with van der Waals surface area (Å²) in [6, 6.07) is 7.92. The molecule has 0 bridgehead atoms. The summed E-state index contributed by atoms with van der Waals surface area (Å²) in [6.07, 6.45) is 6.02. The van der Waals surface area contributed by atoms with Gasteiger partial charge in [-0.25, -0.2) is 4.68 Å². The van der Waals surface area contributed by atoms with Gasteiger partial charge in [-0.1, -0.05) is 0 Å². The fraction of sp³-hybridized carbons (Fsp3) is 0.458. The van der Waals surface area contributed by atoms with E-state index in [1.165, 1.54) is 11.3 Å². The lowest BCUT2D eigenvalue weighted by Crippen LogP contribution is -2.31. The highest BCUT2D eigenvalue weighted by Crippen LogP contribution is 2.31. The van der Waals surface area contributed by atoms with Crippen molar-refractivity contribution in [3.63, 3.8) is 0 Å². The van der Waals surface area contributed by atoms with E-state index in [0.29, 0.717) is 12.8 Å². The van der Waals surface area contributed by atoms with Crippen LogP contribution in [0.3, 0.4) is 0 Å². The van der Waals surface area contributed by atoms with Crippen molar-refractivity contribution in [1.29, 1.82) is 0 Å². The van der Waals surface area contributed by atoms with Crippen LogP contribution in [-0.4, -0.2) is 32.6 Å². The number of fused-ring (bicyclic) bond motifs is 1. The van der Waals surface area contributed by atoms with Gasteiger partial charge < -0.3 is 10.1 Å². The summed E-state index contributed by atoms with van der Waals surface area (Å²) in [4.78, 5) is 12.8. The van der Waals surface area contributed by atoms with Crippen LogP contribution in [0.15, 0.2) is 30.5 Å². The maximum Gasteiger partial charge on any atom is 0.220 e. The van der Waals surface area contributed by atoms with Crippen LogP contribution in [0.25, 0.3) is 5.69 Å². The fourth-order valence-corrected chi connectivity index (χ4v) is 4.56. The molecule has 0 saturated carbocycles. The third-order valence-corrected chi connectivity index (χ3v) is 6.27. The summed E-state index contributed by atoms with van der Waals surface area (Å²) in [5.74, 6) is 0.906. The van der Waals surface area contributed by atoms with E-state index < -0.39 is 0 Å². The first-order valence-corrected chi connectivity index (χ1v) is 11.0. The largest absolute Gasteiger partial charge is 0.497 e. The van der Waals surface area contributed by atoms with Crippen LogP contribution in [0.1, 0.15) is 60.4 Å². The van der Waals surface area contributed by atoms with E-state index in [1.807, 2.05) is 46.7 Å². The normalized spacial score (nSPS) is 15.5. The number of carbonyl (C=O) groups is 1. The van der Waals surface area contributed by atoms with Gasteiger partial charge in [0.05, 0.1) is 30.7 Å². The molecule has 3 aromatic rings. The Kier molecular flexibility index (Phi) is 6.11. The van der Waals surface area contributed by atoms with Crippen LogP contribution in [0.5, 0.6) is 5.75 Å². The van der Waals surface area contributed by atoms with Gasteiger partial charge in [-0.3, -0.25) is 9.48 Å². The van der Waals surface area contributed by atoms with Crippen LogP contribution < -0.4 is 10.1 Å². The van der Waals surface area contributed by atoms with E-state index in [-0.39, 0.29) is 11.9 Å². The molecule has 4 rings (SSSR count). The number of aromatic nitrogens is 4. The quantitative estimate of drug-likeness (QED) is 0.629. The Balaban J connectivity index is 1.44. The first-order chi connectivity index (χ1) is 15.0. The lowest BCUT2D eigenvalue weighted by molar-refractivity contribution is -0.121. The molecular weight excluding hydrogens is 390 g/mol. The molecule has 164 valence electrons. The maximum absolute atomic E-state index is 12.8. The predicted octanol–water partition coefficient (Wildman–Crippen LogP) is 3.84. The molecule has 2 heterocycles. The highest BCUT2D eigenvalue weighted by molar-refractivity contribution is 5.77. The Hall–Kier alpha value is -3.09. The van der Waals surface area contributed by atoms with Crippen molar-refractivity contribution in [2.24, 2.45) is 0 Å². The molecule has 0 spiro atoms. The number of aryl methyl sites for hydroxylation is 2. The molecule has 1 aliphatic rings. The van der Waals surface area contributed by atoms with Crippen molar-refractivity contribution in [3.8, 4) is 11.4 Å². The number of benzene rings is 1. The van der Waals surface area contributed by atoms with Crippen molar-refractivity contribution < 1.29 is 9.53 Å². The van der Waals surface area contributed by atoms with Crippen molar-refractivity contribution in [3.05, 3.63) is 58.7 Å². The second-order valence-corrected chi connectivity index (χ2v) is 8.13. The van der Waals surface area contributed by atoms with Crippen LogP contribution in [0.2, 0.25) is 0 Å². The van der Waals surface area contributed by atoms with E-state index in [4.69, 9.17) is 4.74 Å². The minimum Gasteiger partial charge on any atom is -0.497 e. The van der Waals surface area contributed by atoms with Gasteiger partial charge in [0.1, 0.15) is 5.75 Å². The Morgan fingerprint density at radius 2 is 2.03 bits per heavy atom. The molecule has 1 N–H and O–H groups in total. The summed E-state index contributed by atoms with van der Waals surface area (Å²) in [6.45, 7) is 7.04. The minimum absolute atomic E-state index is 0.0174. The number of nitrogens with one attached hydrogen (secondary N) is 1. The van der Waals surface area contributed by atoms with E-state index in [9.17, 15) is 4.79 Å². The lowest BCUT2D eigenvalue weighted by atomic mass is 9.92. The number of amides is 1. The van der Waals surface area contributed by atoms with Gasteiger partial charge in [-0.2, -0.15) is 10.2 Å². The number of methoxy groups -OCH3 is 1. The van der Waals surface area contributed by atoms with Crippen LogP contribution in [0.4, 0.5) is 0 Å². The number of nitrogens with zero attached hydrogens (tertiary/aromatic N) is 4. The minimum atomic E-state index is 0.0174. The topological polar surface area (TPSA) is 74.0 Å². The van der Waals surface area contributed by atoms with Gasteiger partial charge in [0.15, 0.2) is 0 Å². The van der Waals surface area contributed by atoms with Crippen LogP contribution in [0, 0.1) is 13.8 Å². The molecule has 0 fully saturated rings. The number of rotatable bonds is 7. The Morgan fingerprint density at radius 1 is 1.26 bits per heavy atom. The summed E-state index contributed by atoms with van der Waals surface area (Å²) >= 11 is 0. The zero-order valence-electron chi connectivity index (χ0n) is 18.8. The Labute approximate surface area is 183 Å². The van der Waals surface area contributed by atoms with Crippen molar-refractivity contribution in [2.75, 3.05) is 7.11 Å². The molecule has 0 unspecified atom stereocenters. The summed E-state index contributed by atoms with van der Waals surface area (Å²) < 4.78 is 9.24. The Bertz CT molecular complexity index is 1060. The van der Waals surface area contributed by atoms with Gasteiger partial charge in [0, 0.05) is 29.9 Å². The predicted molar refractivity (Wildman–Crippen MR) is 120 cm³/mol. The molecule has 1 atom stereocenters. The molecule has 2 aromatic heterocycles. The van der Waals surface area contributed by atoms with Crippen molar-refractivity contribution in [2.45, 2.75) is 65.5 Å². The molecule has 0 radical (unpaired) electrons. The number of hydrogen-bond acceptors (Lipinski definition) is 4. The zero-order valence-corrected chi connectivity index (χ0v) is 18.8. The van der Waals surface area contributed by atoms with E-state index in [0.717, 1.165) is 54.2 Å². The van der Waals surface area contributed by atoms with Gasteiger partial charge in [-0.05, 0) is 76.3 Å². The molecule has 0 saturated heterocycles. The van der Waals surface area contributed by atoms with Gasteiger partial charge >= 0.3 is 0 Å². The fourth-order valence-electron chi connectivity index (χ4n) is 4.56. The molecule has 0 aliphatic heterocycles. The molecule has 7 heteroatoms.